The number of rotatable bonds is 9. The summed E-state index contributed by atoms with van der Waals surface area (Å²) in [6.07, 6.45) is 0. The van der Waals surface area contributed by atoms with E-state index in [9.17, 15) is 9.59 Å². The van der Waals surface area contributed by atoms with Crippen molar-refractivity contribution < 1.29 is 19.1 Å². The zero-order valence-corrected chi connectivity index (χ0v) is 22.2. The van der Waals surface area contributed by atoms with Crippen LogP contribution in [0.4, 0.5) is 17.1 Å². The molecule has 2 saturated heterocycles. The molecular formula is C28H39N5O4. The molecule has 2 aromatic carbocycles. The van der Waals surface area contributed by atoms with Gasteiger partial charge in [0.1, 0.15) is 5.75 Å². The molecule has 0 aromatic heterocycles. The molecule has 0 radical (unpaired) electrons. The normalized spacial score (nSPS) is 16.5. The summed E-state index contributed by atoms with van der Waals surface area (Å²) in [5, 5.41) is 6.03. The van der Waals surface area contributed by atoms with Gasteiger partial charge in [0.25, 0.3) is 5.91 Å². The third-order valence-corrected chi connectivity index (χ3v) is 6.90. The van der Waals surface area contributed by atoms with Crippen LogP contribution in [0.3, 0.4) is 0 Å². The van der Waals surface area contributed by atoms with Crippen LogP contribution in [-0.4, -0.2) is 89.4 Å². The second-order valence-electron chi connectivity index (χ2n) is 9.73. The first-order valence-corrected chi connectivity index (χ1v) is 13.1. The fraction of sp³-hybridized carbons (Fsp3) is 0.500. The van der Waals surface area contributed by atoms with E-state index >= 15 is 0 Å². The average Bonchev–Trinajstić information content (AvgIpc) is 2.93. The Labute approximate surface area is 219 Å². The molecule has 37 heavy (non-hydrogen) atoms. The highest BCUT2D eigenvalue weighted by Gasteiger charge is 2.24. The van der Waals surface area contributed by atoms with Crippen LogP contribution in [0.25, 0.3) is 0 Å². The minimum absolute atomic E-state index is 0.0724. The molecule has 0 atom stereocenters. The maximum Gasteiger partial charge on any atom is 0.253 e. The molecule has 9 nitrogen and oxygen atoms in total. The first-order valence-electron chi connectivity index (χ1n) is 13.1. The Bertz CT molecular complexity index is 1060. The van der Waals surface area contributed by atoms with Crippen LogP contribution in [0.5, 0.6) is 5.75 Å². The fourth-order valence-electron chi connectivity index (χ4n) is 4.68. The van der Waals surface area contributed by atoms with Gasteiger partial charge in [-0.1, -0.05) is 26.0 Å². The number of morpholine rings is 1. The number of carbonyl (C=O) groups excluding carboxylic acids is 2. The van der Waals surface area contributed by atoms with E-state index in [1.165, 1.54) is 0 Å². The SMILES string of the molecule is COc1ccccc1N1CCN(c2ccc(NC(=O)C(C)C)cc2C(=O)NCCN2CCOCC2)CC1. The van der Waals surface area contributed by atoms with Crippen molar-refractivity contribution in [2.75, 3.05) is 87.8 Å². The van der Waals surface area contributed by atoms with E-state index in [1.807, 2.05) is 44.2 Å². The number of amides is 2. The van der Waals surface area contributed by atoms with E-state index in [2.05, 4.69) is 31.4 Å². The maximum atomic E-state index is 13.4. The summed E-state index contributed by atoms with van der Waals surface area (Å²) < 4.78 is 11.0. The van der Waals surface area contributed by atoms with Crippen molar-refractivity contribution in [3.63, 3.8) is 0 Å². The van der Waals surface area contributed by atoms with Gasteiger partial charge >= 0.3 is 0 Å². The third-order valence-electron chi connectivity index (χ3n) is 6.90. The first kappa shape index (κ1) is 26.8. The Hall–Kier alpha value is -3.30. The molecule has 2 fully saturated rings. The van der Waals surface area contributed by atoms with Crippen LogP contribution < -0.4 is 25.2 Å². The zero-order chi connectivity index (χ0) is 26.2. The summed E-state index contributed by atoms with van der Waals surface area (Å²) in [5.74, 6) is 0.517. The Balaban J connectivity index is 1.47. The molecule has 2 amide bonds. The number of hydrogen-bond donors (Lipinski definition) is 2. The predicted molar refractivity (Wildman–Crippen MR) is 147 cm³/mol. The van der Waals surface area contributed by atoms with Crippen LogP contribution in [-0.2, 0) is 9.53 Å². The molecule has 2 N–H and O–H groups in total. The standard InChI is InChI=1S/C28H39N5O4/c1-21(2)27(34)30-22-8-9-24(23(20-22)28(35)29-10-11-31-16-18-37-19-17-31)32-12-14-33(15-13-32)25-6-4-5-7-26(25)36-3/h4-9,20-21H,10-19H2,1-3H3,(H,29,35)(H,30,34). The molecule has 0 aliphatic carbocycles. The van der Waals surface area contributed by atoms with Crippen molar-refractivity contribution in [3.8, 4) is 5.75 Å². The topological polar surface area (TPSA) is 86.4 Å². The van der Waals surface area contributed by atoms with Crippen molar-refractivity contribution in [3.05, 3.63) is 48.0 Å². The van der Waals surface area contributed by atoms with E-state index in [0.717, 1.165) is 76.2 Å². The van der Waals surface area contributed by atoms with Gasteiger partial charge in [-0.25, -0.2) is 0 Å². The molecule has 4 rings (SSSR count). The van der Waals surface area contributed by atoms with Crippen molar-refractivity contribution in [2.45, 2.75) is 13.8 Å². The minimum Gasteiger partial charge on any atom is -0.495 e. The maximum absolute atomic E-state index is 13.4. The Morgan fingerprint density at radius 1 is 0.946 bits per heavy atom. The molecule has 2 aliphatic rings. The van der Waals surface area contributed by atoms with Crippen LogP contribution >= 0.6 is 0 Å². The number of para-hydroxylation sites is 2. The van der Waals surface area contributed by atoms with Gasteiger partial charge in [-0.15, -0.1) is 0 Å². The predicted octanol–water partition coefficient (Wildman–Crippen LogP) is 2.68. The quantitative estimate of drug-likeness (QED) is 0.538. The summed E-state index contributed by atoms with van der Waals surface area (Å²) >= 11 is 0. The molecule has 200 valence electrons. The number of ether oxygens (including phenoxy) is 2. The summed E-state index contributed by atoms with van der Waals surface area (Å²) in [7, 11) is 1.69. The molecule has 0 unspecified atom stereocenters. The third kappa shape index (κ3) is 6.93. The largest absolute Gasteiger partial charge is 0.495 e. The second-order valence-corrected chi connectivity index (χ2v) is 9.73. The number of methoxy groups -OCH3 is 1. The zero-order valence-electron chi connectivity index (χ0n) is 22.2. The van der Waals surface area contributed by atoms with Gasteiger partial charge in [-0.3, -0.25) is 14.5 Å². The number of hydrogen-bond acceptors (Lipinski definition) is 7. The van der Waals surface area contributed by atoms with E-state index in [4.69, 9.17) is 9.47 Å². The van der Waals surface area contributed by atoms with Gasteiger partial charge < -0.3 is 29.9 Å². The lowest BCUT2D eigenvalue weighted by Crippen LogP contribution is -2.47. The van der Waals surface area contributed by atoms with E-state index in [1.54, 1.807) is 13.2 Å². The van der Waals surface area contributed by atoms with Crippen LogP contribution in [0.2, 0.25) is 0 Å². The summed E-state index contributed by atoms with van der Waals surface area (Å²) in [5.41, 5.74) is 3.17. The average molecular weight is 510 g/mol. The highest BCUT2D eigenvalue weighted by atomic mass is 16.5. The second kappa shape index (κ2) is 12.8. The van der Waals surface area contributed by atoms with E-state index < -0.39 is 0 Å². The van der Waals surface area contributed by atoms with Gasteiger partial charge in [-0.05, 0) is 30.3 Å². The number of nitrogens with one attached hydrogen (secondary N) is 2. The van der Waals surface area contributed by atoms with E-state index in [-0.39, 0.29) is 17.7 Å². The Kier molecular flexibility index (Phi) is 9.24. The molecule has 0 bridgehead atoms. The number of anilines is 3. The lowest BCUT2D eigenvalue weighted by molar-refractivity contribution is -0.118. The molecule has 2 aromatic rings. The van der Waals surface area contributed by atoms with Gasteiger partial charge in [0.2, 0.25) is 5.91 Å². The van der Waals surface area contributed by atoms with Gasteiger partial charge in [0.15, 0.2) is 0 Å². The van der Waals surface area contributed by atoms with Crippen molar-refractivity contribution in [1.29, 1.82) is 0 Å². The number of nitrogens with zero attached hydrogens (tertiary/aromatic N) is 3. The summed E-state index contributed by atoms with van der Waals surface area (Å²) in [6.45, 7) is 11.4. The molecule has 0 saturated carbocycles. The molecular weight excluding hydrogens is 470 g/mol. The lowest BCUT2D eigenvalue weighted by atomic mass is 10.1. The van der Waals surface area contributed by atoms with Gasteiger partial charge in [0.05, 0.1) is 31.6 Å². The molecule has 0 spiro atoms. The number of carbonyl (C=O) groups is 2. The highest BCUT2D eigenvalue weighted by Crippen LogP contribution is 2.31. The minimum atomic E-state index is -0.145. The first-order chi connectivity index (χ1) is 18.0. The van der Waals surface area contributed by atoms with E-state index in [0.29, 0.717) is 17.8 Å². The summed E-state index contributed by atoms with van der Waals surface area (Å²) in [6, 6.07) is 13.7. The Morgan fingerprint density at radius 3 is 2.30 bits per heavy atom. The Morgan fingerprint density at radius 2 is 1.62 bits per heavy atom. The van der Waals surface area contributed by atoms with Crippen LogP contribution in [0.15, 0.2) is 42.5 Å². The smallest absolute Gasteiger partial charge is 0.253 e. The fourth-order valence-corrected chi connectivity index (χ4v) is 4.68. The molecule has 2 aliphatic heterocycles. The highest BCUT2D eigenvalue weighted by molar-refractivity contribution is 6.02. The van der Waals surface area contributed by atoms with Crippen molar-refractivity contribution in [2.24, 2.45) is 5.92 Å². The summed E-state index contributed by atoms with van der Waals surface area (Å²) in [4.78, 5) is 32.5. The van der Waals surface area contributed by atoms with Crippen LogP contribution in [0.1, 0.15) is 24.2 Å². The van der Waals surface area contributed by atoms with Crippen LogP contribution in [0, 0.1) is 5.92 Å². The monoisotopic (exact) mass is 509 g/mol. The number of benzene rings is 2. The van der Waals surface area contributed by atoms with Crippen molar-refractivity contribution in [1.82, 2.24) is 10.2 Å². The molecule has 2 heterocycles. The lowest BCUT2D eigenvalue weighted by Gasteiger charge is -2.38. The van der Waals surface area contributed by atoms with Crippen molar-refractivity contribution >= 4 is 28.9 Å². The number of piperazine rings is 1. The van der Waals surface area contributed by atoms with Gasteiger partial charge in [0, 0.05) is 69.7 Å². The van der Waals surface area contributed by atoms with Gasteiger partial charge in [-0.2, -0.15) is 0 Å². The molecule has 9 heteroatoms.